The lowest BCUT2D eigenvalue weighted by molar-refractivity contribution is -0.309. The fraction of sp³-hybridized carbons (Fsp3) is 0.959. The van der Waals surface area contributed by atoms with Crippen molar-refractivity contribution in [2.45, 2.75) is 537 Å². The first-order valence-electron chi connectivity index (χ1n) is 54.2. The van der Waals surface area contributed by atoms with Crippen LogP contribution < -0.4 is 0 Å². The lowest BCUT2D eigenvalue weighted by atomic mass is 9.28. The van der Waals surface area contributed by atoms with E-state index in [1.54, 1.807) is 0 Å². The Balaban J connectivity index is 0.000000545. The average molecular weight is 1890 g/mol. The molecular formula is C123H234O11. The third-order valence-electron chi connectivity index (χ3n) is 42.5. The molecule has 20 unspecified atom stereocenters. The van der Waals surface area contributed by atoms with Crippen molar-refractivity contribution in [3.63, 3.8) is 0 Å². The van der Waals surface area contributed by atoms with Crippen molar-refractivity contribution in [3.05, 3.63) is 0 Å². The first-order valence-corrected chi connectivity index (χ1v) is 54.2. The van der Waals surface area contributed by atoms with Gasteiger partial charge in [0.15, 0.2) is 6.29 Å². The molecule has 0 aromatic rings. The van der Waals surface area contributed by atoms with Gasteiger partial charge >= 0.3 is 29.8 Å². The van der Waals surface area contributed by atoms with Crippen molar-refractivity contribution >= 4 is 29.8 Å². The highest BCUT2D eigenvalue weighted by Crippen LogP contribution is 2.81. The highest BCUT2D eigenvalue weighted by molar-refractivity contribution is 5.78. The number of rotatable bonds is 20. The monoisotopic (exact) mass is 1890 g/mol. The van der Waals surface area contributed by atoms with Gasteiger partial charge in [-0.05, 0) is 489 Å². The molecule has 0 aliphatic heterocycles. The third kappa shape index (κ3) is 21.8. The molecule has 0 spiro atoms. The summed E-state index contributed by atoms with van der Waals surface area (Å²) < 4.78 is 36.9. The molecule has 27 aliphatic rings. The Morgan fingerprint density at radius 1 is 0.313 bits per heavy atom. The predicted molar refractivity (Wildman–Crippen MR) is 573 cm³/mol. The standard InChI is InChI=1S/2C23H36O2.C21H32O2.C20H32O3.C16H28O2.5C2H6.10CH4/c1-6-21(2,3)20(24)25-22(4,5)23-12-14-8-16-15-7-13(10-18(16)23)11-19(23)17(15)9-14;1-6-21(2,3)20(24)25-22(4,5)23-10-17-14-7-13-8-15(17)19(12-23)16(9-13)18(14)11-23;1-5-20(2,3)19(22)23-21(4)12-9-14-13-6-11-7-16(14)18(21)17(8-11)15(13)10-12;1-5-20(3,4)19(21)23-11(2)22-16-10-14-9-15(16)18-13-7-6-12(8-13)17(14)18;1-6-15(2,3)14(17)18-16(4,5)13-10-11-7-8-12(13)9-11;5*1-2;;;;;;;;;;/h2*13-19H,6-12H2,1-5H3;2*11-18H,5-10H2,1-4H3;11-13H,6-10H2,1-5H3;5*1-2H3;10*1H4. The van der Waals surface area contributed by atoms with Crippen molar-refractivity contribution in [2.75, 3.05) is 0 Å². The summed E-state index contributed by atoms with van der Waals surface area (Å²) >= 11 is 0. The van der Waals surface area contributed by atoms with Crippen molar-refractivity contribution < 1.29 is 52.4 Å². The Morgan fingerprint density at radius 3 is 1.07 bits per heavy atom. The minimum Gasteiger partial charge on any atom is -0.459 e. The van der Waals surface area contributed by atoms with Crippen LogP contribution >= 0.6 is 0 Å². The number of carbonyl (C=O) groups excluding carboxylic acids is 5. The number of fused-ring (bicyclic) bond motifs is 11. The molecule has 0 radical (unpaired) electrons. The lowest BCUT2D eigenvalue weighted by Gasteiger charge is -2.77. The van der Waals surface area contributed by atoms with Gasteiger partial charge in [0.05, 0.1) is 33.2 Å². The van der Waals surface area contributed by atoms with Gasteiger partial charge in [-0.15, -0.1) is 0 Å². The smallest absolute Gasteiger partial charge is 0.313 e. The van der Waals surface area contributed by atoms with Crippen LogP contribution in [0.15, 0.2) is 0 Å². The van der Waals surface area contributed by atoms with Crippen LogP contribution in [-0.4, -0.2) is 64.6 Å². The van der Waals surface area contributed by atoms with Gasteiger partial charge in [-0.3, -0.25) is 24.0 Å². The molecule has 27 saturated carbocycles. The summed E-state index contributed by atoms with van der Waals surface area (Å²) in [7, 11) is 0. The van der Waals surface area contributed by atoms with E-state index in [9.17, 15) is 24.0 Å². The summed E-state index contributed by atoms with van der Waals surface area (Å²) in [6.45, 7) is 67.9. The quantitative estimate of drug-likeness (QED) is 0.0498. The molecule has 0 amide bonds. The summed E-state index contributed by atoms with van der Waals surface area (Å²) in [4.78, 5) is 63.2. The van der Waals surface area contributed by atoms with Gasteiger partial charge in [-0.2, -0.15) is 0 Å². The molecule has 0 saturated heterocycles. The summed E-state index contributed by atoms with van der Waals surface area (Å²) in [6, 6.07) is 0. The molecule has 11 heteroatoms. The first kappa shape index (κ1) is 127. The van der Waals surface area contributed by atoms with E-state index in [0.717, 1.165) is 198 Å². The van der Waals surface area contributed by atoms with Crippen molar-refractivity contribution in [1.82, 2.24) is 0 Å². The topological polar surface area (TPSA) is 141 Å². The molecule has 27 rings (SSSR count). The Bertz CT molecular complexity index is 3520. The van der Waals surface area contributed by atoms with Crippen molar-refractivity contribution in [3.8, 4) is 0 Å². The number of hydrogen-bond acceptors (Lipinski definition) is 11. The minimum absolute atomic E-state index is 0. The second kappa shape index (κ2) is 47.4. The maximum atomic E-state index is 13.0. The van der Waals surface area contributed by atoms with E-state index in [-0.39, 0.29) is 159 Å². The average Bonchev–Trinajstić information content (AvgIpc) is 0.803. The van der Waals surface area contributed by atoms with Crippen LogP contribution in [0, 0.1) is 221 Å². The highest BCUT2D eigenvalue weighted by atomic mass is 16.7. The maximum Gasteiger partial charge on any atom is 0.313 e. The molecule has 134 heavy (non-hydrogen) atoms. The van der Waals surface area contributed by atoms with Crippen molar-refractivity contribution in [1.29, 1.82) is 0 Å². The fourth-order valence-corrected chi connectivity index (χ4v) is 35.0. The molecule has 0 N–H and O–H groups in total. The van der Waals surface area contributed by atoms with Crippen LogP contribution in [0.2, 0.25) is 0 Å². The normalized spacial score (nSPS) is 40.3. The maximum absolute atomic E-state index is 13.0. The van der Waals surface area contributed by atoms with E-state index in [4.69, 9.17) is 28.4 Å². The number of hydrogen-bond donors (Lipinski definition) is 0. The molecule has 0 heterocycles. The van der Waals surface area contributed by atoms with Crippen LogP contribution in [0.5, 0.6) is 0 Å². The molecule has 27 aliphatic carbocycles. The highest BCUT2D eigenvalue weighted by Gasteiger charge is 2.77. The predicted octanol–water partition coefficient (Wildman–Crippen LogP) is 35.6. The Kier molecular flexibility index (Phi) is 45.1. The lowest BCUT2D eigenvalue weighted by Crippen LogP contribution is -2.73. The summed E-state index contributed by atoms with van der Waals surface area (Å²) in [5.74, 6) is 28.2. The van der Waals surface area contributed by atoms with Crippen LogP contribution in [0.4, 0.5) is 0 Å². The van der Waals surface area contributed by atoms with E-state index in [2.05, 4.69) is 69.2 Å². The van der Waals surface area contributed by atoms with E-state index in [1.807, 2.05) is 159 Å². The molecule has 27 fully saturated rings. The van der Waals surface area contributed by atoms with Crippen LogP contribution in [0.25, 0.3) is 0 Å². The van der Waals surface area contributed by atoms with Gasteiger partial charge in [-0.1, -0.05) is 185 Å². The van der Waals surface area contributed by atoms with Crippen molar-refractivity contribution in [2.24, 2.45) is 221 Å². The van der Waals surface area contributed by atoms with Crippen LogP contribution in [-0.2, 0) is 52.4 Å². The van der Waals surface area contributed by atoms with Gasteiger partial charge in [0.2, 0.25) is 0 Å². The van der Waals surface area contributed by atoms with E-state index >= 15 is 0 Å². The molecule has 0 aromatic heterocycles. The molecule has 30 bridgehead atoms. The van der Waals surface area contributed by atoms with Gasteiger partial charge in [0.1, 0.15) is 22.4 Å². The van der Waals surface area contributed by atoms with Gasteiger partial charge in [-0.25, -0.2) is 0 Å². The van der Waals surface area contributed by atoms with Crippen LogP contribution in [0.3, 0.4) is 0 Å². The molecule has 20 atom stereocenters. The number of ether oxygens (including phenoxy) is 6. The van der Waals surface area contributed by atoms with E-state index in [0.29, 0.717) is 23.9 Å². The number of esters is 5. The summed E-state index contributed by atoms with van der Waals surface area (Å²) in [5.41, 5.74) is -2.39. The van der Waals surface area contributed by atoms with E-state index in [1.165, 1.54) is 167 Å². The Morgan fingerprint density at radius 2 is 0.664 bits per heavy atom. The van der Waals surface area contributed by atoms with E-state index < -0.39 is 11.7 Å². The summed E-state index contributed by atoms with van der Waals surface area (Å²) in [5, 5.41) is 0. The Hall–Kier alpha value is -2.69. The second-order valence-corrected chi connectivity index (χ2v) is 50.3. The zero-order valence-corrected chi connectivity index (χ0v) is 86.5. The molecule has 792 valence electrons. The third-order valence-corrected chi connectivity index (χ3v) is 42.5. The Labute approximate surface area is 835 Å². The summed E-state index contributed by atoms with van der Waals surface area (Å²) in [6.07, 6.45) is 40.8. The fourth-order valence-electron chi connectivity index (χ4n) is 35.0. The SMILES string of the molecule is C.C.C.C.C.C.C.C.C.C.CC.CC.CC.CC.CC.CCC(C)(C)C(=O)OC(C)(C)C12CC3C4CC5CC3C(C1)C(C5)C4C2.CCC(C)(C)C(=O)OC(C)(C)C12CC3CC4C5CC(CC41)CC2C5C3.CCC(C)(C)C(=O)OC(C)(C)C1CC2CCC1C2.CCC(C)(C)C(=O)OC(C)OC1CC2CC1C1C3CCC(C3)C21.CCC(C)(C)C(=O)OC1(C)C2CC3C4CC5CC3C1C(C5)C4C2. The van der Waals surface area contributed by atoms with Crippen LogP contribution in [0.1, 0.15) is 502 Å². The van der Waals surface area contributed by atoms with Gasteiger partial charge in [0.25, 0.3) is 0 Å². The van der Waals surface area contributed by atoms with Gasteiger partial charge in [0, 0.05) is 22.7 Å². The first-order chi connectivity index (χ1) is 58.4. The molecule has 11 nitrogen and oxygen atoms in total. The van der Waals surface area contributed by atoms with Gasteiger partial charge < -0.3 is 28.4 Å². The minimum atomic E-state index is -0.415. The zero-order valence-electron chi connectivity index (χ0n) is 86.5. The molecular weight excluding hydrogens is 1650 g/mol. The number of carbonyl (C=O) groups is 5. The molecule has 0 aromatic carbocycles. The second-order valence-electron chi connectivity index (χ2n) is 50.3. The largest absolute Gasteiger partial charge is 0.459 e. The zero-order chi connectivity index (χ0) is 91.6.